The number of hydrazine groups is 1. The summed E-state index contributed by atoms with van der Waals surface area (Å²) in [6, 6.07) is 8.29. The number of unbranched alkanes of at least 4 members (excludes halogenated alkanes) is 2. The molecule has 11 heteroatoms. The fraction of sp³-hybridized carbons (Fsp3) is 0.476. The molecule has 2 rings (SSSR count). The quantitative estimate of drug-likeness (QED) is 0.112. The van der Waals surface area contributed by atoms with Crippen LogP contribution in [-0.2, 0) is 30.3 Å². The van der Waals surface area contributed by atoms with E-state index in [0.717, 1.165) is 23.4 Å². The Hall–Kier alpha value is -3.63. The van der Waals surface area contributed by atoms with E-state index >= 15 is 0 Å². The first-order chi connectivity index (χ1) is 15.3. The minimum atomic E-state index is -0.905. The fourth-order valence-electron chi connectivity index (χ4n) is 3.11. The third-order valence-corrected chi connectivity index (χ3v) is 4.73. The second-order valence-electron chi connectivity index (χ2n) is 7.44. The summed E-state index contributed by atoms with van der Waals surface area (Å²) in [7, 11) is 0. The van der Waals surface area contributed by atoms with E-state index in [1.807, 2.05) is 30.3 Å². The highest BCUT2D eigenvalue weighted by molar-refractivity contribution is 5.91. The summed E-state index contributed by atoms with van der Waals surface area (Å²) in [5.74, 6) is -1.76. The molecule has 1 fully saturated rings. The van der Waals surface area contributed by atoms with Gasteiger partial charge in [-0.3, -0.25) is 29.6 Å². The van der Waals surface area contributed by atoms with Gasteiger partial charge in [0.05, 0.1) is 6.42 Å². The van der Waals surface area contributed by atoms with Crippen molar-refractivity contribution in [1.82, 2.24) is 15.8 Å². The van der Waals surface area contributed by atoms with Gasteiger partial charge in [0, 0.05) is 26.3 Å². The van der Waals surface area contributed by atoms with Crippen LogP contribution in [0.3, 0.4) is 0 Å². The molecule has 0 saturated carbocycles. The molecule has 1 aromatic rings. The average Bonchev–Trinajstić information content (AvgIpc) is 2.74. The molecule has 1 aliphatic heterocycles. The van der Waals surface area contributed by atoms with Crippen molar-refractivity contribution in [3.05, 3.63) is 35.9 Å². The number of aliphatic imine (C=N–C) groups is 1. The third-order valence-electron chi connectivity index (χ3n) is 4.73. The second kappa shape index (κ2) is 12.3. The molecule has 174 valence electrons. The number of carbonyl (C=O) groups excluding carboxylic acids is 4. The Bertz CT molecular complexity index is 840. The fourth-order valence-corrected chi connectivity index (χ4v) is 3.11. The van der Waals surface area contributed by atoms with Crippen LogP contribution in [0, 0.1) is 0 Å². The van der Waals surface area contributed by atoms with Gasteiger partial charge in [-0.1, -0.05) is 36.8 Å². The van der Waals surface area contributed by atoms with Crippen LogP contribution in [-0.4, -0.2) is 53.5 Å². The molecule has 0 radical (unpaired) electrons. The summed E-state index contributed by atoms with van der Waals surface area (Å²) in [6.07, 6.45) is 1.74. The highest BCUT2D eigenvalue weighted by Gasteiger charge is 2.41. The molecule has 0 aromatic heterocycles. The van der Waals surface area contributed by atoms with Gasteiger partial charge in [0.25, 0.3) is 5.91 Å². The zero-order valence-electron chi connectivity index (χ0n) is 18.1. The number of nitrogens with two attached hydrogens (primary N) is 2. The largest absolute Gasteiger partial charge is 0.439 e. The maximum Gasteiger partial charge on any atom is 0.304 e. The molecule has 6 N–H and O–H groups in total. The Morgan fingerprint density at radius 1 is 1.19 bits per heavy atom. The number of β-lactam (4-membered cyclic amide) rings is 1. The number of hydrogen-bond acceptors (Lipinski definition) is 6. The van der Waals surface area contributed by atoms with E-state index in [4.69, 9.17) is 16.2 Å². The van der Waals surface area contributed by atoms with Gasteiger partial charge in [-0.2, -0.15) is 0 Å². The number of nitrogens with one attached hydrogen (secondary N) is 2. The number of guanidine groups is 1. The van der Waals surface area contributed by atoms with Crippen LogP contribution in [0.1, 0.15) is 44.6 Å². The summed E-state index contributed by atoms with van der Waals surface area (Å²) < 4.78 is 4.99. The zero-order valence-corrected chi connectivity index (χ0v) is 18.1. The van der Waals surface area contributed by atoms with Crippen LogP contribution in [0.15, 0.2) is 35.3 Å². The molecule has 0 spiro atoms. The van der Waals surface area contributed by atoms with Gasteiger partial charge in [0.15, 0.2) is 5.96 Å². The number of benzene rings is 1. The van der Waals surface area contributed by atoms with Crippen molar-refractivity contribution < 1.29 is 23.9 Å². The number of esters is 1. The first kappa shape index (κ1) is 24.6. The highest BCUT2D eigenvalue weighted by atomic mass is 16.6. The maximum atomic E-state index is 12.8. The number of rotatable bonds is 12. The van der Waals surface area contributed by atoms with Gasteiger partial charge in [-0.25, -0.2) is 5.01 Å². The number of amides is 3. The van der Waals surface area contributed by atoms with Crippen molar-refractivity contribution in [1.29, 1.82) is 0 Å². The van der Waals surface area contributed by atoms with Crippen molar-refractivity contribution in [3.63, 3.8) is 0 Å². The number of carbonyl (C=O) groups is 4. The normalized spacial score (nSPS) is 15.8. The van der Waals surface area contributed by atoms with Crippen molar-refractivity contribution in [2.45, 2.75) is 57.7 Å². The molecule has 1 heterocycles. The first-order valence-corrected chi connectivity index (χ1v) is 10.4. The Morgan fingerprint density at radius 3 is 2.53 bits per heavy atom. The van der Waals surface area contributed by atoms with Crippen molar-refractivity contribution in [2.75, 3.05) is 6.54 Å². The predicted octanol–water partition coefficient (Wildman–Crippen LogP) is -0.300. The van der Waals surface area contributed by atoms with Crippen LogP contribution in [0.2, 0.25) is 0 Å². The van der Waals surface area contributed by atoms with Gasteiger partial charge in [-0.15, -0.1) is 0 Å². The summed E-state index contributed by atoms with van der Waals surface area (Å²) >= 11 is 0. The molecular weight excluding hydrogens is 416 g/mol. The minimum Gasteiger partial charge on any atom is -0.439 e. The van der Waals surface area contributed by atoms with Crippen LogP contribution in [0.5, 0.6) is 0 Å². The monoisotopic (exact) mass is 446 g/mol. The minimum absolute atomic E-state index is 0.00454. The van der Waals surface area contributed by atoms with E-state index in [1.165, 1.54) is 6.92 Å². The van der Waals surface area contributed by atoms with Crippen molar-refractivity contribution in [3.8, 4) is 0 Å². The lowest BCUT2D eigenvalue weighted by Crippen LogP contribution is -2.65. The SMILES string of the molecule is CC(=O)OC1CC(=O)N1NC(=O)C(Cc1ccccc1)NC(=O)CCCCCN=C(N)N. The summed E-state index contributed by atoms with van der Waals surface area (Å²) in [6.45, 7) is 1.72. The Balaban J connectivity index is 1.92. The van der Waals surface area contributed by atoms with Gasteiger partial charge in [-0.05, 0) is 18.4 Å². The van der Waals surface area contributed by atoms with E-state index in [2.05, 4.69) is 15.7 Å². The van der Waals surface area contributed by atoms with E-state index < -0.39 is 24.1 Å². The third kappa shape index (κ3) is 8.25. The molecule has 1 aliphatic rings. The predicted molar refractivity (Wildman–Crippen MR) is 116 cm³/mol. The topological polar surface area (TPSA) is 169 Å². The second-order valence-corrected chi connectivity index (χ2v) is 7.44. The smallest absolute Gasteiger partial charge is 0.304 e. The molecular formula is C21H30N6O5. The Morgan fingerprint density at radius 2 is 1.91 bits per heavy atom. The molecule has 2 atom stereocenters. The van der Waals surface area contributed by atoms with Gasteiger partial charge in [0.2, 0.25) is 18.0 Å². The van der Waals surface area contributed by atoms with Crippen LogP contribution in [0.25, 0.3) is 0 Å². The van der Waals surface area contributed by atoms with Crippen molar-refractivity contribution in [2.24, 2.45) is 16.5 Å². The Kier molecular flexibility index (Phi) is 9.45. The average molecular weight is 447 g/mol. The molecule has 1 aromatic carbocycles. The van der Waals surface area contributed by atoms with E-state index in [-0.39, 0.29) is 37.0 Å². The van der Waals surface area contributed by atoms with Crippen molar-refractivity contribution >= 4 is 29.7 Å². The molecule has 0 aliphatic carbocycles. The maximum absolute atomic E-state index is 12.8. The Labute approximate surface area is 186 Å². The molecule has 0 bridgehead atoms. The number of ether oxygens (including phenoxy) is 1. The number of hydrogen-bond donors (Lipinski definition) is 4. The van der Waals surface area contributed by atoms with E-state index in [1.54, 1.807) is 0 Å². The van der Waals surface area contributed by atoms with Gasteiger partial charge in [0.1, 0.15) is 6.04 Å². The van der Waals surface area contributed by atoms with E-state index in [0.29, 0.717) is 13.0 Å². The van der Waals surface area contributed by atoms with Gasteiger partial charge < -0.3 is 21.5 Å². The molecule has 32 heavy (non-hydrogen) atoms. The first-order valence-electron chi connectivity index (χ1n) is 10.4. The lowest BCUT2D eigenvalue weighted by Gasteiger charge is -2.39. The summed E-state index contributed by atoms with van der Waals surface area (Å²) in [4.78, 5) is 52.1. The highest BCUT2D eigenvalue weighted by Crippen LogP contribution is 2.18. The summed E-state index contributed by atoms with van der Waals surface area (Å²) in [5, 5.41) is 3.70. The lowest BCUT2D eigenvalue weighted by molar-refractivity contribution is -0.192. The van der Waals surface area contributed by atoms with Gasteiger partial charge >= 0.3 is 5.97 Å². The molecule has 2 unspecified atom stereocenters. The zero-order chi connectivity index (χ0) is 23.5. The van der Waals surface area contributed by atoms with Crippen LogP contribution in [0.4, 0.5) is 0 Å². The lowest BCUT2D eigenvalue weighted by atomic mass is 10.0. The number of nitrogens with zero attached hydrogens (tertiary/aromatic N) is 2. The molecule has 3 amide bonds. The summed E-state index contributed by atoms with van der Waals surface area (Å²) in [5.41, 5.74) is 13.8. The van der Waals surface area contributed by atoms with Crippen LogP contribution >= 0.6 is 0 Å². The molecule has 1 saturated heterocycles. The standard InChI is InChI=1S/C21H30N6O5/c1-14(28)32-19-13-18(30)27(19)26-20(31)16(12-15-8-4-2-5-9-15)25-17(29)10-6-3-7-11-24-21(22)23/h2,4-5,8-9,16,19H,3,6-7,10-13H2,1H3,(H,25,29)(H,26,31)(H4,22,23,24). The molecule has 11 nitrogen and oxygen atoms in total. The van der Waals surface area contributed by atoms with Crippen LogP contribution < -0.4 is 22.2 Å². The van der Waals surface area contributed by atoms with E-state index in [9.17, 15) is 19.2 Å².